The predicted molar refractivity (Wildman–Crippen MR) is 102 cm³/mol. The van der Waals surface area contributed by atoms with E-state index >= 15 is 0 Å². The number of anilines is 1. The number of benzene rings is 2. The molecule has 4 rings (SSSR count). The summed E-state index contributed by atoms with van der Waals surface area (Å²) in [7, 11) is 0. The van der Waals surface area contributed by atoms with Crippen LogP contribution in [0.1, 0.15) is 17.2 Å². The summed E-state index contributed by atoms with van der Waals surface area (Å²) in [6.07, 6.45) is 2.86. The Balaban J connectivity index is 1.94. The SMILES string of the molecule is O=C1C(=O)N(c2ccc(F)c(F)c2)C(c2ccncc2)/C1=C(\O)c1ccc(F)cc1. The molecule has 1 aliphatic heterocycles. The molecule has 0 aliphatic carbocycles. The number of nitrogens with zero attached hydrogens (tertiary/aromatic N) is 2. The third-order valence-corrected chi connectivity index (χ3v) is 4.77. The molecule has 0 radical (unpaired) electrons. The number of carbonyl (C=O) groups excluding carboxylic acids is 2. The number of halogens is 3. The number of pyridine rings is 1. The van der Waals surface area contributed by atoms with Gasteiger partial charge in [0.2, 0.25) is 0 Å². The maximum Gasteiger partial charge on any atom is 0.300 e. The van der Waals surface area contributed by atoms with E-state index < -0.39 is 40.9 Å². The molecule has 0 bridgehead atoms. The first-order chi connectivity index (χ1) is 14.4. The lowest BCUT2D eigenvalue weighted by Gasteiger charge is -2.25. The highest BCUT2D eigenvalue weighted by Gasteiger charge is 2.47. The van der Waals surface area contributed by atoms with Crippen molar-refractivity contribution in [2.45, 2.75) is 6.04 Å². The first-order valence-corrected chi connectivity index (χ1v) is 8.80. The molecule has 150 valence electrons. The van der Waals surface area contributed by atoms with Crippen LogP contribution in [0, 0.1) is 17.5 Å². The van der Waals surface area contributed by atoms with E-state index in [4.69, 9.17) is 0 Å². The molecule has 1 unspecified atom stereocenters. The second kappa shape index (κ2) is 7.47. The lowest BCUT2D eigenvalue weighted by atomic mass is 9.96. The number of aromatic nitrogens is 1. The Morgan fingerprint density at radius 2 is 1.57 bits per heavy atom. The lowest BCUT2D eigenvalue weighted by molar-refractivity contribution is -0.132. The molecule has 1 aliphatic rings. The van der Waals surface area contributed by atoms with Crippen LogP contribution in [0.25, 0.3) is 5.76 Å². The van der Waals surface area contributed by atoms with Crippen molar-refractivity contribution < 1.29 is 27.9 Å². The van der Waals surface area contributed by atoms with Crippen molar-refractivity contribution in [3.63, 3.8) is 0 Å². The normalized spacial score (nSPS) is 18.1. The number of amides is 1. The van der Waals surface area contributed by atoms with Gasteiger partial charge >= 0.3 is 0 Å². The Kier molecular flexibility index (Phi) is 4.83. The highest BCUT2D eigenvalue weighted by Crippen LogP contribution is 2.42. The number of carbonyl (C=O) groups is 2. The topological polar surface area (TPSA) is 70.5 Å². The van der Waals surface area contributed by atoms with Gasteiger partial charge in [0.15, 0.2) is 11.6 Å². The van der Waals surface area contributed by atoms with Gasteiger partial charge in [-0.05, 0) is 54.1 Å². The summed E-state index contributed by atoms with van der Waals surface area (Å²) in [4.78, 5) is 30.5. The number of aliphatic hydroxyl groups excluding tert-OH is 1. The molecule has 1 atom stereocenters. The van der Waals surface area contributed by atoms with Crippen LogP contribution in [-0.2, 0) is 9.59 Å². The van der Waals surface area contributed by atoms with Crippen molar-refractivity contribution in [3.8, 4) is 0 Å². The summed E-state index contributed by atoms with van der Waals surface area (Å²) in [5.41, 5.74) is 0.217. The number of hydrogen-bond donors (Lipinski definition) is 1. The van der Waals surface area contributed by atoms with Gasteiger partial charge in [0, 0.05) is 29.7 Å². The van der Waals surface area contributed by atoms with Crippen LogP contribution in [0.15, 0.2) is 72.6 Å². The van der Waals surface area contributed by atoms with E-state index in [0.29, 0.717) is 5.56 Å². The number of Topliss-reactive ketones (excluding diaryl/α,β-unsaturated/α-hetero) is 1. The quantitative estimate of drug-likeness (QED) is 0.401. The maximum atomic E-state index is 13.8. The molecular weight excluding hydrogens is 397 g/mol. The van der Waals surface area contributed by atoms with E-state index in [1.807, 2.05) is 0 Å². The Morgan fingerprint density at radius 1 is 0.900 bits per heavy atom. The molecule has 30 heavy (non-hydrogen) atoms. The molecule has 3 aromatic rings. The molecule has 1 saturated heterocycles. The van der Waals surface area contributed by atoms with Gasteiger partial charge in [-0.2, -0.15) is 0 Å². The highest BCUT2D eigenvalue weighted by atomic mass is 19.2. The van der Waals surface area contributed by atoms with E-state index in [1.165, 1.54) is 36.7 Å². The molecule has 1 amide bonds. The number of rotatable bonds is 3. The van der Waals surface area contributed by atoms with Crippen molar-refractivity contribution in [2.24, 2.45) is 0 Å². The highest BCUT2D eigenvalue weighted by molar-refractivity contribution is 6.51. The fourth-order valence-corrected chi connectivity index (χ4v) is 3.36. The third kappa shape index (κ3) is 3.22. The molecule has 2 heterocycles. The van der Waals surface area contributed by atoms with Gasteiger partial charge in [-0.15, -0.1) is 0 Å². The third-order valence-electron chi connectivity index (χ3n) is 4.77. The monoisotopic (exact) mass is 410 g/mol. The zero-order chi connectivity index (χ0) is 21.4. The Labute approximate surface area is 168 Å². The van der Waals surface area contributed by atoms with Crippen molar-refractivity contribution in [2.75, 3.05) is 4.90 Å². The van der Waals surface area contributed by atoms with Gasteiger partial charge in [0.1, 0.15) is 11.6 Å². The molecule has 0 saturated carbocycles. The van der Waals surface area contributed by atoms with Gasteiger partial charge in [0.05, 0.1) is 11.6 Å². The summed E-state index contributed by atoms with van der Waals surface area (Å²) in [6.45, 7) is 0. The summed E-state index contributed by atoms with van der Waals surface area (Å²) >= 11 is 0. The summed E-state index contributed by atoms with van der Waals surface area (Å²) in [5, 5.41) is 10.8. The molecule has 8 heteroatoms. The fraction of sp³-hybridized carbons (Fsp3) is 0.0455. The van der Waals surface area contributed by atoms with Gasteiger partial charge in [-0.3, -0.25) is 19.5 Å². The van der Waals surface area contributed by atoms with Crippen molar-refractivity contribution in [1.82, 2.24) is 4.98 Å². The van der Waals surface area contributed by atoms with E-state index in [0.717, 1.165) is 35.2 Å². The zero-order valence-electron chi connectivity index (χ0n) is 15.2. The van der Waals surface area contributed by atoms with Crippen LogP contribution < -0.4 is 4.90 Å². The molecule has 1 N–H and O–H groups in total. The smallest absolute Gasteiger partial charge is 0.300 e. The summed E-state index contributed by atoms with van der Waals surface area (Å²) in [6, 6.07) is 9.46. The Bertz CT molecular complexity index is 1180. The standard InChI is InChI=1S/C22H13F3N2O3/c23-14-3-1-13(2-4-14)20(28)18-19(12-7-9-26-10-8-12)27(22(30)21(18)29)15-5-6-16(24)17(25)11-15/h1-11,19,28H/b20-18+. The average molecular weight is 410 g/mol. The minimum Gasteiger partial charge on any atom is -0.507 e. The van der Waals surface area contributed by atoms with Gasteiger partial charge < -0.3 is 5.11 Å². The van der Waals surface area contributed by atoms with Gasteiger partial charge in [0.25, 0.3) is 11.7 Å². The van der Waals surface area contributed by atoms with Crippen molar-refractivity contribution in [3.05, 3.63) is 101 Å². The fourth-order valence-electron chi connectivity index (χ4n) is 3.36. The second-order valence-electron chi connectivity index (χ2n) is 6.55. The van der Waals surface area contributed by atoms with Crippen molar-refractivity contribution in [1.29, 1.82) is 0 Å². The van der Waals surface area contributed by atoms with Crippen LogP contribution in [0.3, 0.4) is 0 Å². The minimum atomic E-state index is -1.19. The van der Waals surface area contributed by atoms with E-state index in [9.17, 15) is 27.9 Å². The maximum absolute atomic E-state index is 13.8. The molecule has 1 aromatic heterocycles. The summed E-state index contributed by atoms with van der Waals surface area (Å²) < 4.78 is 40.5. The van der Waals surface area contributed by atoms with Crippen molar-refractivity contribution >= 4 is 23.1 Å². The number of ketones is 1. The van der Waals surface area contributed by atoms with Crippen LogP contribution in [0.5, 0.6) is 0 Å². The van der Waals surface area contributed by atoms with E-state index in [1.54, 1.807) is 0 Å². The van der Waals surface area contributed by atoms with Gasteiger partial charge in [-0.1, -0.05) is 0 Å². The van der Waals surface area contributed by atoms with E-state index in [2.05, 4.69) is 4.98 Å². The van der Waals surface area contributed by atoms with Crippen LogP contribution >= 0.6 is 0 Å². The van der Waals surface area contributed by atoms with E-state index in [-0.39, 0.29) is 16.8 Å². The van der Waals surface area contributed by atoms with Crippen LogP contribution in [0.2, 0.25) is 0 Å². The Morgan fingerprint density at radius 3 is 2.20 bits per heavy atom. The minimum absolute atomic E-state index is 0.0593. The molecule has 5 nitrogen and oxygen atoms in total. The molecular formula is C22H13F3N2O3. The van der Waals surface area contributed by atoms with Crippen LogP contribution in [0.4, 0.5) is 18.9 Å². The number of hydrogen-bond acceptors (Lipinski definition) is 4. The first kappa shape index (κ1) is 19.4. The lowest BCUT2D eigenvalue weighted by Crippen LogP contribution is -2.29. The predicted octanol–water partition coefficient (Wildman–Crippen LogP) is 4.13. The first-order valence-electron chi connectivity index (χ1n) is 8.80. The molecule has 2 aromatic carbocycles. The zero-order valence-corrected chi connectivity index (χ0v) is 15.2. The summed E-state index contributed by atoms with van der Waals surface area (Å²) in [5.74, 6) is -5.39. The Hall–Kier alpha value is -3.94. The average Bonchev–Trinajstić information content (AvgIpc) is 3.01. The van der Waals surface area contributed by atoms with Gasteiger partial charge in [-0.25, -0.2) is 13.2 Å². The second-order valence-corrected chi connectivity index (χ2v) is 6.55. The molecule has 0 spiro atoms. The largest absolute Gasteiger partial charge is 0.507 e. The van der Waals surface area contributed by atoms with Crippen LogP contribution in [-0.4, -0.2) is 21.8 Å². The molecule has 1 fully saturated rings. The number of aliphatic hydroxyl groups is 1.